The van der Waals surface area contributed by atoms with Gasteiger partial charge in [-0.15, -0.1) is 0 Å². The molecule has 0 saturated carbocycles. The van der Waals surface area contributed by atoms with E-state index in [4.69, 9.17) is 10.5 Å². The molecule has 0 aliphatic heterocycles. The van der Waals surface area contributed by atoms with E-state index in [1.807, 2.05) is 19.3 Å². The predicted molar refractivity (Wildman–Crippen MR) is 51.5 cm³/mol. The molecular weight excluding hydrogens is 182 g/mol. The molecule has 78 valence electrons. The summed E-state index contributed by atoms with van der Waals surface area (Å²) >= 11 is 0. The van der Waals surface area contributed by atoms with Crippen LogP contribution < -0.4 is 5.73 Å². The Morgan fingerprint density at radius 3 is 3.00 bits per heavy atom. The average molecular weight is 197 g/mol. The summed E-state index contributed by atoms with van der Waals surface area (Å²) in [6.45, 7) is 2.11. The van der Waals surface area contributed by atoms with Crippen molar-refractivity contribution in [3.63, 3.8) is 0 Å². The number of nitrogens with zero attached hydrogens (tertiary/aromatic N) is 2. The van der Waals surface area contributed by atoms with Crippen LogP contribution in [0.1, 0.15) is 12.6 Å². The van der Waals surface area contributed by atoms with E-state index in [-0.39, 0.29) is 5.97 Å². The SMILES string of the molecule is CCOC(=O)C(N)Cc1ccn(C)n1. The summed E-state index contributed by atoms with van der Waals surface area (Å²) in [6, 6.07) is 1.21. The van der Waals surface area contributed by atoms with Crippen molar-refractivity contribution in [2.45, 2.75) is 19.4 Å². The zero-order chi connectivity index (χ0) is 10.6. The summed E-state index contributed by atoms with van der Waals surface area (Å²) < 4.78 is 6.46. The lowest BCUT2D eigenvalue weighted by Gasteiger charge is -2.08. The Labute approximate surface area is 82.8 Å². The number of esters is 1. The van der Waals surface area contributed by atoms with Crippen molar-refractivity contribution in [2.75, 3.05) is 6.61 Å². The van der Waals surface area contributed by atoms with Gasteiger partial charge in [0.25, 0.3) is 0 Å². The first-order valence-electron chi connectivity index (χ1n) is 4.54. The quantitative estimate of drug-likeness (QED) is 0.682. The summed E-state index contributed by atoms with van der Waals surface area (Å²) in [5, 5.41) is 4.12. The fourth-order valence-corrected chi connectivity index (χ4v) is 1.13. The van der Waals surface area contributed by atoms with Crippen molar-refractivity contribution < 1.29 is 9.53 Å². The summed E-state index contributed by atoms with van der Waals surface area (Å²) in [6.07, 6.45) is 2.23. The van der Waals surface area contributed by atoms with Crippen LogP contribution in [0.4, 0.5) is 0 Å². The van der Waals surface area contributed by atoms with Crippen LogP contribution in [0.5, 0.6) is 0 Å². The van der Waals surface area contributed by atoms with Gasteiger partial charge < -0.3 is 10.5 Å². The van der Waals surface area contributed by atoms with E-state index in [0.717, 1.165) is 5.69 Å². The number of aromatic nitrogens is 2. The number of carbonyl (C=O) groups is 1. The number of ether oxygens (including phenoxy) is 1. The Hall–Kier alpha value is -1.36. The Bertz CT molecular complexity index is 309. The Morgan fingerprint density at radius 1 is 1.79 bits per heavy atom. The first kappa shape index (κ1) is 10.7. The van der Waals surface area contributed by atoms with Crippen molar-refractivity contribution in [3.05, 3.63) is 18.0 Å². The maximum atomic E-state index is 11.2. The molecule has 2 N–H and O–H groups in total. The van der Waals surface area contributed by atoms with Crippen molar-refractivity contribution in [1.82, 2.24) is 9.78 Å². The third-order valence-electron chi connectivity index (χ3n) is 1.79. The maximum absolute atomic E-state index is 11.2. The smallest absolute Gasteiger partial charge is 0.323 e. The average Bonchev–Trinajstić information content (AvgIpc) is 2.51. The van der Waals surface area contributed by atoms with E-state index in [1.165, 1.54) is 0 Å². The molecule has 0 spiro atoms. The molecule has 0 aliphatic carbocycles. The minimum Gasteiger partial charge on any atom is -0.465 e. The Kier molecular flexibility index (Phi) is 3.64. The molecule has 0 fully saturated rings. The minimum atomic E-state index is -0.621. The fourth-order valence-electron chi connectivity index (χ4n) is 1.13. The third-order valence-corrected chi connectivity index (χ3v) is 1.79. The largest absolute Gasteiger partial charge is 0.465 e. The monoisotopic (exact) mass is 197 g/mol. The zero-order valence-corrected chi connectivity index (χ0v) is 8.43. The summed E-state index contributed by atoms with van der Waals surface area (Å²) in [5.74, 6) is -0.377. The number of aryl methyl sites for hydroxylation is 1. The lowest BCUT2D eigenvalue weighted by molar-refractivity contribution is -0.144. The molecule has 0 bridgehead atoms. The van der Waals surface area contributed by atoms with Crippen LogP contribution in [0.15, 0.2) is 12.3 Å². The van der Waals surface area contributed by atoms with E-state index < -0.39 is 6.04 Å². The molecular formula is C9H15N3O2. The van der Waals surface area contributed by atoms with E-state index in [9.17, 15) is 4.79 Å². The van der Waals surface area contributed by atoms with Crippen LogP contribution >= 0.6 is 0 Å². The highest BCUT2D eigenvalue weighted by molar-refractivity contribution is 5.75. The van der Waals surface area contributed by atoms with Crippen LogP contribution in [0.3, 0.4) is 0 Å². The van der Waals surface area contributed by atoms with Crippen LogP contribution in [0, 0.1) is 0 Å². The molecule has 5 nitrogen and oxygen atoms in total. The molecule has 0 aliphatic rings. The van der Waals surface area contributed by atoms with Crippen molar-refractivity contribution in [2.24, 2.45) is 12.8 Å². The lowest BCUT2D eigenvalue weighted by atomic mass is 10.2. The van der Waals surface area contributed by atoms with Gasteiger partial charge in [0.05, 0.1) is 12.3 Å². The Balaban J connectivity index is 2.48. The van der Waals surface area contributed by atoms with Gasteiger partial charge in [-0.25, -0.2) is 0 Å². The van der Waals surface area contributed by atoms with Gasteiger partial charge in [-0.1, -0.05) is 0 Å². The fraction of sp³-hybridized carbons (Fsp3) is 0.556. The minimum absolute atomic E-state index is 0.356. The molecule has 1 atom stereocenters. The van der Waals surface area contributed by atoms with E-state index in [0.29, 0.717) is 13.0 Å². The summed E-state index contributed by atoms with van der Waals surface area (Å²) in [7, 11) is 1.82. The number of hydrogen-bond donors (Lipinski definition) is 1. The number of hydrogen-bond acceptors (Lipinski definition) is 4. The van der Waals surface area contributed by atoms with Gasteiger partial charge >= 0.3 is 5.97 Å². The first-order chi connectivity index (χ1) is 6.63. The molecule has 0 amide bonds. The van der Waals surface area contributed by atoms with Gasteiger partial charge in [0.1, 0.15) is 6.04 Å². The topological polar surface area (TPSA) is 70.1 Å². The number of carbonyl (C=O) groups excluding carboxylic acids is 1. The van der Waals surface area contributed by atoms with Crippen molar-refractivity contribution in [1.29, 1.82) is 0 Å². The second-order valence-electron chi connectivity index (χ2n) is 3.04. The molecule has 0 aromatic carbocycles. The molecule has 1 heterocycles. The van der Waals surface area contributed by atoms with Crippen LogP contribution in [0.2, 0.25) is 0 Å². The normalized spacial score (nSPS) is 12.5. The molecule has 0 radical (unpaired) electrons. The highest BCUT2D eigenvalue weighted by Gasteiger charge is 2.15. The van der Waals surface area contributed by atoms with Crippen molar-refractivity contribution >= 4 is 5.97 Å². The van der Waals surface area contributed by atoms with Gasteiger partial charge in [-0.3, -0.25) is 9.48 Å². The Morgan fingerprint density at radius 2 is 2.50 bits per heavy atom. The molecule has 0 saturated heterocycles. The zero-order valence-electron chi connectivity index (χ0n) is 8.43. The van der Waals surface area contributed by atoms with Crippen molar-refractivity contribution in [3.8, 4) is 0 Å². The molecule has 14 heavy (non-hydrogen) atoms. The second kappa shape index (κ2) is 4.76. The molecule has 1 rings (SSSR count). The van der Waals surface area contributed by atoms with Gasteiger partial charge in [0, 0.05) is 19.7 Å². The molecule has 1 unspecified atom stereocenters. The first-order valence-corrected chi connectivity index (χ1v) is 4.54. The van der Waals surface area contributed by atoms with Gasteiger partial charge in [-0.05, 0) is 13.0 Å². The summed E-state index contributed by atoms with van der Waals surface area (Å²) in [5.41, 5.74) is 6.42. The maximum Gasteiger partial charge on any atom is 0.323 e. The second-order valence-corrected chi connectivity index (χ2v) is 3.04. The van der Waals surface area contributed by atoms with E-state index in [2.05, 4.69) is 5.10 Å². The number of nitrogens with two attached hydrogens (primary N) is 1. The van der Waals surface area contributed by atoms with Crippen LogP contribution in [-0.4, -0.2) is 28.4 Å². The van der Waals surface area contributed by atoms with E-state index in [1.54, 1.807) is 11.6 Å². The van der Waals surface area contributed by atoms with Crippen LogP contribution in [-0.2, 0) is 23.0 Å². The van der Waals surface area contributed by atoms with E-state index >= 15 is 0 Å². The molecule has 1 aromatic rings. The highest BCUT2D eigenvalue weighted by Crippen LogP contribution is 1.99. The third kappa shape index (κ3) is 2.85. The van der Waals surface area contributed by atoms with Gasteiger partial charge in [0.2, 0.25) is 0 Å². The highest BCUT2D eigenvalue weighted by atomic mass is 16.5. The predicted octanol–water partition coefficient (Wildman–Crippen LogP) is -0.147. The van der Waals surface area contributed by atoms with Gasteiger partial charge in [-0.2, -0.15) is 5.10 Å². The lowest BCUT2D eigenvalue weighted by Crippen LogP contribution is -2.34. The van der Waals surface area contributed by atoms with Gasteiger partial charge in [0.15, 0.2) is 0 Å². The van der Waals surface area contributed by atoms with Crippen LogP contribution in [0.25, 0.3) is 0 Å². The standard InChI is InChI=1S/C9H15N3O2/c1-3-14-9(13)8(10)6-7-4-5-12(2)11-7/h4-5,8H,3,6,10H2,1-2H3. The summed E-state index contributed by atoms with van der Waals surface area (Å²) in [4.78, 5) is 11.2. The molecule has 5 heteroatoms. The number of rotatable bonds is 4. The molecule has 1 aromatic heterocycles.